The normalized spacial score (nSPS) is 14.6. The molecule has 1 aliphatic rings. The highest BCUT2D eigenvalue weighted by Gasteiger charge is 2.14. The highest BCUT2D eigenvalue weighted by Crippen LogP contribution is 2.32. The van der Waals surface area contributed by atoms with Crippen LogP contribution in [0.1, 0.15) is 29.8 Å². The molecular formula is C15H19N3O2. The minimum Gasteiger partial charge on any atom is -0.454 e. The number of hydrogen-bond donors (Lipinski definition) is 1. The van der Waals surface area contributed by atoms with Crippen molar-refractivity contribution in [2.45, 2.75) is 26.4 Å². The Morgan fingerprint density at radius 1 is 1.35 bits per heavy atom. The zero-order valence-corrected chi connectivity index (χ0v) is 12.0. The first-order valence-electron chi connectivity index (χ1n) is 6.75. The second kappa shape index (κ2) is 5.17. The van der Waals surface area contributed by atoms with Gasteiger partial charge in [-0.05, 0) is 31.5 Å². The molecule has 5 heteroatoms. The predicted octanol–water partition coefficient (Wildman–Crippen LogP) is 2.31. The topological polar surface area (TPSA) is 48.3 Å². The van der Waals surface area contributed by atoms with Gasteiger partial charge >= 0.3 is 0 Å². The van der Waals surface area contributed by atoms with E-state index in [-0.39, 0.29) is 6.04 Å². The van der Waals surface area contributed by atoms with Gasteiger partial charge in [-0.25, -0.2) is 0 Å². The summed E-state index contributed by atoms with van der Waals surface area (Å²) in [6.07, 6.45) is 2.06. The van der Waals surface area contributed by atoms with Crippen LogP contribution in [0.4, 0.5) is 0 Å². The number of ether oxygens (including phenoxy) is 2. The van der Waals surface area contributed by atoms with Gasteiger partial charge < -0.3 is 14.8 Å². The van der Waals surface area contributed by atoms with Crippen molar-refractivity contribution >= 4 is 0 Å². The predicted molar refractivity (Wildman–Crippen MR) is 75.8 cm³/mol. The van der Waals surface area contributed by atoms with E-state index in [1.165, 1.54) is 11.1 Å². The Morgan fingerprint density at radius 3 is 2.90 bits per heavy atom. The third-order valence-electron chi connectivity index (χ3n) is 3.57. The summed E-state index contributed by atoms with van der Waals surface area (Å²) in [6, 6.07) is 6.30. The number of aromatic nitrogens is 2. The average molecular weight is 273 g/mol. The molecule has 20 heavy (non-hydrogen) atoms. The Bertz CT molecular complexity index is 622. The number of benzene rings is 1. The van der Waals surface area contributed by atoms with Crippen molar-refractivity contribution in [1.29, 1.82) is 0 Å². The van der Waals surface area contributed by atoms with Gasteiger partial charge in [0.15, 0.2) is 11.5 Å². The van der Waals surface area contributed by atoms with E-state index in [4.69, 9.17) is 9.47 Å². The SMILES string of the molecule is Cc1nn(C)cc1C(C)NCc1ccc2c(c1)OCO2. The third kappa shape index (κ3) is 2.49. The van der Waals surface area contributed by atoms with Gasteiger partial charge in [0.2, 0.25) is 6.79 Å². The van der Waals surface area contributed by atoms with Crippen molar-refractivity contribution in [1.82, 2.24) is 15.1 Å². The van der Waals surface area contributed by atoms with Gasteiger partial charge in [0, 0.05) is 31.4 Å². The molecule has 1 atom stereocenters. The second-order valence-corrected chi connectivity index (χ2v) is 5.13. The number of aryl methyl sites for hydroxylation is 2. The molecule has 0 radical (unpaired) electrons. The zero-order valence-electron chi connectivity index (χ0n) is 12.0. The van der Waals surface area contributed by atoms with Gasteiger partial charge in [-0.15, -0.1) is 0 Å². The lowest BCUT2D eigenvalue weighted by Crippen LogP contribution is -2.18. The van der Waals surface area contributed by atoms with Crippen LogP contribution in [-0.4, -0.2) is 16.6 Å². The van der Waals surface area contributed by atoms with Crippen molar-refractivity contribution in [2.75, 3.05) is 6.79 Å². The molecule has 1 aromatic heterocycles. The molecule has 1 N–H and O–H groups in total. The Hall–Kier alpha value is -2.01. The Balaban J connectivity index is 1.66. The molecule has 106 valence electrons. The van der Waals surface area contributed by atoms with Crippen LogP contribution in [0.2, 0.25) is 0 Å². The first kappa shape index (κ1) is 13.0. The Kier molecular flexibility index (Phi) is 3.36. The average Bonchev–Trinajstić information content (AvgIpc) is 3.01. The lowest BCUT2D eigenvalue weighted by molar-refractivity contribution is 0.174. The molecular weight excluding hydrogens is 254 g/mol. The van der Waals surface area contributed by atoms with Crippen LogP contribution in [0, 0.1) is 6.92 Å². The largest absolute Gasteiger partial charge is 0.454 e. The van der Waals surface area contributed by atoms with Crippen LogP contribution in [0.25, 0.3) is 0 Å². The maximum Gasteiger partial charge on any atom is 0.231 e. The summed E-state index contributed by atoms with van der Waals surface area (Å²) >= 11 is 0. The maximum atomic E-state index is 5.39. The highest BCUT2D eigenvalue weighted by molar-refractivity contribution is 5.44. The summed E-state index contributed by atoms with van der Waals surface area (Å²) in [5.74, 6) is 1.65. The van der Waals surface area contributed by atoms with Crippen molar-refractivity contribution in [3.63, 3.8) is 0 Å². The molecule has 0 saturated carbocycles. The van der Waals surface area contributed by atoms with E-state index in [1.807, 2.05) is 30.8 Å². The summed E-state index contributed by atoms with van der Waals surface area (Å²) in [6.45, 7) is 5.29. The third-order valence-corrected chi connectivity index (χ3v) is 3.57. The van der Waals surface area contributed by atoms with E-state index in [2.05, 4.69) is 29.6 Å². The minimum atomic E-state index is 0.258. The molecule has 1 aliphatic heterocycles. The number of nitrogens with zero attached hydrogens (tertiary/aromatic N) is 2. The number of fused-ring (bicyclic) bond motifs is 1. The Labute approximate surface area is 118 Å². The summed E-state index contributed by atoms with van der Waals surface area (Å²) in [4.78, 5) is 0. The summed E-state index contributed by atoms with van der Waals surface area (Å²) < 4.78 is 12.6. The molecule has 0 saturated heterocycles. The molecule has 3 rings (SSSR count). The fraction of sp³-hybridized carbons (Fsp3) is 0.400. The smallest absolute Gasteiger partial charge is 0.231 e. The second-order valence-electron chi connectivity index (χ2n) is 5.13. The van der Waals surface area contributed by atoms with Gasteiger partial charge in [0.25, 0.3) is 0 Å². The van der Waals surface area contributed by atoms with Crippen LogP contribution in [-0.2, 0) is 13.6 Å². The first-order chi connectivity index (χ1) is 9.63. The molecule has 5 nitrogen and oxygen atoms in total. The van der Waals surface area contributed by atoms with E-state index in [9.17, 15) is 0 Å². The minimum absolute atomic E-state index is 0.258. The Morgan fingerprint density at radius 2 is 2.15 bits per heavy atom. The monoisotopic (exact) mass is 273 g/mol. The molecule has 0 spiro atoms. The lowest BCUT2D eigenvalue weighted by atomic mass is 10.1. The number of rotatable bonds is 4. The van der Waals surface area contributed by atoms with E-state index < -0.39 is 0 Å². The van der Waals surface area contributed by atoms with Crippen molar-refractivity contribution < 1.29 is 9.47 Å². The quantitative estimate of drug-likeness (QED) is 0.928. The van der Waals surface area contributed by atoms with Crippen molar-refractivity contribution in [3.8, 4) is 11.5 Å². The van der Waals surface area contributed by atoms with Crippen molar-refractivity contribution in [2.24, 2.45) is 7.05 Å². The van der Waals surface area contributed by atoms with Gasteiger partial charge in [0.1, 0.15) is 0 Å². The van der Waals surface area contributed by atoms with Crippen molar-refractivity contribution in [3.05, 3.63) is 41.2 Å². The van der Waals surface area contributed by atoms with Gasteiger partial charge in [-0.2, -0.15) is 5.10 Å². The summed E-state index contributed by atoms with van der Waals surface area (Å²) in [5, 5.41) is 7.89. The molecule has 0 fully saturated rings. The van der Waals surface area contributed by atoms with E-state index in [0.29, 0.717) is 6.79 Å². The van der Waals surface area contributed by atoms with Crippen LogP contribution in [0.5, 0.6) is 11.5 Å². The van der Waals surface area contributed by atoms with Crippen LogP contribution in [0.3, 0.4) is 0 Å². The van der Waals surface area contributed by atoms with E-state index in [0.717, 1.165) is 23.7 Å². The molecule has 2 aromatic rings. The standard InChI is InChI=1S/C15H19N3O2/c1-10(13-8-18(3)17-11(13)2)16-7-12-4-5-14-15(6-12)20-9-19-14/h4-6,8,10,16H,7,9H2,1-3H3. The van der Waals surface area contributed by atoms with Gasteiger partial charge in [-0.3, -0.25) is 4.68 Å². The zero-order chi connectivity index (χ0) is 14.1. The highest BCUT2D eigenvalue weighted by atomic mass is 16.7. The van der Waals surface area contributed by atoms with Crippen LogP contribution >= 0.6 is 0 Å². The van der Waals surface area contributed by atoms with Crippen LogP contribution in [0.15, 0.2) is 24.4 Å². The van der Waals surface area contributed by atoms with E-state index >= 15 is 0 Å². The molecule has 2 heterocycles. The number of hydrogen-bond acceptors (Lipinski definition) is 4. The molecule has 0 aliphatic carbocycles. The lowest BCUT2D eigenvalue weighted by Gasteiger charge is -2.13. The van der Waals surface area contributed by atoms with Crippen LogP contribution < -0.4 is 14.8 Å². The maximum absolute atomic E-state index is 5.39. The molecule has 1 unspecified atom stereocenters. The van der Waals surface area contributed by atoms with Gasteiger partial charge in [-0.1, -0.05) is 6.07 Å². The van der Waals surface area contributed by atoms with E-state index in [1.54, 1.807) is 0 Å². The first-order valence-corrected chi connectivity index (χ1v) is 6.75. The molecule has 0 amide bonds. The number of nitrogens with one attached hydrogen (secondary N) is 1. The summed E-state index contributed by atoms with van der Waals surface area (Å²) in [5.41, 5.74) is 3.48. The fourth-order valence-corrected chi connectivity index (χ4v) is 2.47. The molecule has 1 aromatic carbocycles. The fourth-order valence-electron chi connectivity index (χ4n) is 2.47. The summed E-state index contributed by atoms with van der Waals surface area (Å²) in [7, 11) is 1.95. The van der Waals surface area contributed by atoms with Gasteiger partial charge in [0.05, 0.1) is 5.69 Å². The molecule has 0 bridgehead atoms.